The first-order valence-corrected chi connectivity index (χ1v) is 9.36. The molecule has 0 saturated heterocycles. The highest BCUT2D eigenvalue weighted by molar-refractivity contribution is 7.98. The van der Waals surface area contributed by atoms with Gasteiger partial charge in [0, 0.05) is 23.1 Å². The summed E-state index contributed by atoms with van der Waals surface area (Å²) in [7, 11) is 1.36. The van der Waals surface area contributed by atoms with Crippen LogP contribution in [-0.2, 0) is 9.53 Å². The normalized spacial score (nSPS) is 11.8. The van der Waals surface area contributed by atoms with Crippen LogP contribution >= 0.6 is 23.1 Å². The Balaban J connectivity index is 2.11. The zero-order chi connectivity index (χ0) is 17.5. The molecule has 0 spiro atoms. The van der Waals surface area contributed by atoms with Gasteiger partial charge in [-0.3, -0.25) is 10.1 Å². The zero-order valence-corrected chi connectivity index (χ0v) is 14.9. The summed E-state index contributed by atoms with van der Waals surface area (Å²) >= 11 is 3.03. The summed E-state index contributed by atoms with van der Waals surface area (Å²) in [6.45, 7) is 0. The van der Waals surface area contributed by atoms with Crippen LogP contribution in [0.5, 0.6) is 0 Å². The molecule has 0 saturated carbocycles. The van der Waals surface area contributed by atoms with Crippen molar-refractivity contribution in [2.45, 2.75) is 12.5 Å². The number of thioether (sulfide) groups is 1. The van der Waals surface area contributed by atoms with Crippen molar-refractivity contribution in [1.29, 1.82) is 0 Å². The summed E-state index contributed by atoms with van der Waals surface area (Å²) in [6.07, 6.45) is 2.62. The summed E-state index contributed by atoms with van der Waals surface area (Å²) in [5.41, 5.74) is 1.52. The number of thiazole rings is 1. The molecule has 0 aliphatic heterocycles. The van der Waals surface area contributed by atoms with Gasteiger partial charge in [0.2, 0.25) is 0 Å². The largest absolute Gasteiger partial charge is 0.467 e. The molecule has 1 aromatic carbocycles. The van der Waals surface area contributed by atoms with Gasteiger partial charge in [0.1, 0.15) is 6.04 Å². The van der Waals surface area contributed by atoms with Gasteiger partial charge >= 0.3 is 5.97 Å². The van der Waals surface area contributed by atoms with E-state index in [2.05, 4.69) is 10.3 Å². The van der Waals surface area contributed by atoms with Crippen molar-refractivity contribution in [3.05, 3.63) is 39.8 Å². The Morgan fingerprint density at radius 2 is 2.17 bits per heavy atom. The van der Waals surface area contributed by atoms with E-state index in [1.165, 1.54) is 30.6 Å². The maximum atomic E-state index is 11.8. The van der Waals surface area contributed by atoms with Crippen LogP contribution in [0.25, 0.3) is 11.3 Å². The number of methoxy groups -OCH3 is 1. The fourth-order valence-electron chi connectivity index (χ4n) is 2.00. The summed E-state index contributed by atoms with van der Waals surface area (Å²) in [5.74, 6) is 0.504. The number of non-ortho nitro benzene ring substituents is 1. The molecule has 0 bridgehead atoms. The predicted octanol–water partition coefficient (Wildman–Crippen LogP) is 3.42. The standard InChI is InChI=1S/C15H17N3O4S2/c1-22-14(19)12(7-8-23-2)16-15-17-13(9-24-15)10-3-5-11(6-4-10)18(20)21/h3-6,9,12H,7-8H2,1-2H3,(H,16,17)/t12-/m0/s1. The Kier molecular flexibility index (Phi) is 6.56. The van der Waals surface area contributed by atoms with E-state index >= 15 is 0 Å². The maximum Gasteiger partial charge on any atom is 0.328 e. The number of carbonyl (C=O) groups is 1. The van der Waals surface area contributed by atoms with Gasteiger partial charge in [0.05, 0.1) is 17.7 Å². The number of anilines is 1. The molecule has 0 aliphatic rings. The molecule has 1 aromatic heterocycles. The smallest absolute Gasteiger partial charge is 0.328 e. The highest BCUT2D eigenvalue weighted by Crippen LogP contribution is 2.27. The van der Waals surface area contributed by atoms with Gasteiger partial charge in [-0.15, -0.1) is 11.3 Å². The number of ether oxygens (including phenoxy) is 1. The molecule has 128 valence electrons. The Bertz CT molecular complexity index is 703. The second-order valence-corrected chi connectivity index (χ2v) is 6.69. The van der Waals surface area contributed by atoms with Crippen LogP contribution in [-0.4, -0.2) is 41.0 Å². The summed E-state index contributed by atoms with van der Waals surface area (Å²) in [6, 6.07) is 5.75. The first-order chi connectivity index (χ1) is 11.5. The number of nitro groups is 1. The van der Waals surface area contributed by atoms with Crippen molar-refractivity contribution >= 4 is 39.9 Å². The third-order valence-electron chi connectivity index (χ3n) is 3.27. The lowest BCUT2D eigenvalue weighted by Gasteiger charge is -2.14. The number of nitrogens with zero attached hydrogens (tertiary/aromatic N) is 2. The van der Waals surface area contributed by atoms with Gasteiger partial charge in [-0.05, 0) is 30.6 Å². The molecule has 1 heterocycles. The van der Waals surface area contributed by atoms with Gasteiger partial charge in [-0.2, -0.15) is 11.8 Å². The molecule has 9 heteroatoms. The van der Waals surface area contributed by atoms with Crippen molar-refractivity contribution in [2.24, 2.45) is 0 Å². The second-order valence-electron chi connectivity index (χ2n) is 4.84. The molecule has 1 N–H and O–H groups in total. The molecule has 24 heavy (non-hydrogen) atoms. The van der Waals surface area contributed by atoms with Crippen LogP contribution < -0.4 is 5.32 Å². The number of esters is 1. The number of rotatable bonds is 8. The molecule has 2 aromatic rings. The Morgan fingerprint density at radius 1 is 1.46 bits per heavy atom. The molecule has 0 radical (unpaired) electrons. The Morgan fingerprint density at radius 3 is 2.75 bits per heavy atom. The minimum absolute atomic E-state index is 0.0372. The Labute approximate surface area is 147 Å². The van der Waals surface area contributed by atoms with Gasteiger partial charge in [-0.1, -0.05) is 0 Å². The van der Waals surface area contributed by atoms with Crippen LogP contribution in [0.4, 0.5) is 10.8 Å². The Hall–Kier alpha value is -2.13. The number of benzene rings is 1. The van der Waals surface area contributed by atoms with E-state index in [0.29, 0.717) is 17.2 Å². The minimum Gasteiger partial charge on any atom is -0.467 e. The molecular weight excluding hydrogens is 350 g/mol. The summed E-state index contributed by atoms with van der Waals surface area (Å²) in [4.78, 5) is 26.5. The van der Waals surface area contributed by atoms with E-state index in [9.17, 15) is 14.9 Å². The first-order valence-electron chi connectivity index (χ1n) is 7.08. The van der Waals surface area contributed by atoms with Crippen molar-refractivity contribution in [3.63, 3.8) is 0 Å². The van der Waals surface area contributed by atoms with Crippen molar-refractivity contribution < 1.29 is 14.5 Å². The molecule has 0 aliphatic carbocycles. The molecule has 0 unspecified atom stereocenters. The lowest BCUT2D eigenvalue weighted by Crippen LogP contribution is -2.31. The lowest BCUT2D eigenvalue weighted by atomic mass is 10.1. The summed E-state index contributed by atoms with van der Waals surface area (Å²) in [5, 5.41) is 16.2. The van der Waals surface area contributed by atoms with Gasteiger partial charge in [0.25, 0.3) is 5.69 Å². The lowest BCUT2D eigenvalue weighted by molar-refractivity contribution is -0.384. The predicted molar refractivity (Wildman–Crippen MR) is 96.6 cm³/mol. The minimum atomic E-state index is -0.446. The van der Waals surface area contributed by atoms with Crippen LogP contribution in [0.15, 0.2) is 29.6 Å². The van der Waals surface area contributed by atoms with E-state index in [4.69, 9.17) is 4.74 Å². The van der Waals surface area contributed by atoms with Crippen molar-refractivity contribution in [3.8, 4) is 11.3 Å². The summed E-state index contributed by atoms with van der Waals surface area (Å²) < 4.78 is 4.81. The molecule has 7 nitrogen and oxygen atoms in total. The quantitative estimate of drug-likeness (QED) is 0.434. The molecule has 0 fully saturated rings. The second kappa shape index (κ2) is 8.65. The van der Waals surface area contributed by atoms with Crippen LogP contribution in [0.2, 0.25) is 0 Å². The topological polar surface area (TPSA) is 94.4 Å². The number of carbonyl (C=O) groups excluding carboxylic acids is 1. The van der Waals surface area contributed by atoms with E-state index < -0.39 is 11.0 Å². The van der Waals surface area contributed by atoms with E-state index in [-0.39, 0.29) is 11.7 Å². The number of hydrogen-bond donors (Lipinski definition) is 1. The highest BCUT2D eigenvalue weighted by Gasteiger charge is 2.20. The van der Waals surface area contributed by atoms with E-state index in [0.717, 1.165) is 11.3 Å². The maximum absolute atomic E-state index is 11.8. The molecule has 2 rings (SSSR count). The van der Waals surface area contributed by atoms with E-state index in [1.807, 2.05) is 11.6 Å². The van der Waals surface area contributed by atoms with Crippen molar-refractivity contribution in [1.82, 2.24) is 4.98 Å². The van der Waals surface area contributed by atoms with Gasteiger partial charge < -0.3 is 10.1 Å². The number of aromatic nitrogens is 1. The zero-order valence-electron chi connectivity index (χ0n) is 13.2. The van der Waals surface area contributed by atoms with E-state index in [1.54, 1.807) is 23.9 Å². The highest BCUT2D eigenvalue weighted by atomic mass is 32.2. The van der Waals surface area contributed by atoms with Gasteiger partial charge in [0.15, 0.2) is 5.13 Å². The molecule has 0 amide bonds. The molecule has 1 atom stereocenters. The van der Waals surface area contributed by atoms with Crippen molar-refractivity contribution in [2.75, 3.05) is 24.4 Å². The fourth-order valence-corrected chi connectivity index (χ4v) is 3.25. The third kappa shape index (κ3) is 4.68. The van der Waals surface area contributed by atoms with Gasteiger partial charge in [-0.25, -0.2) is 9.78 Å². The average molecular weight is 367 g/mol. The monoisotopic (exact) mass is 367 g/mol. The first kappa shape index (κ1) is 18.2. The number of hydrogen-bond acceptors (Lipinski definition) is 8. The molecular formula is C15H17N3O4S2. The van der Waals surface area contributed by atoms with Crippen LogP contribution in [0.3, 0.4) is 0 Å². The van der Waals surface area contributed by atoms with Crippen LogP contribution in [0.1, 0.15) is 6.42 Å². The fraction of sp³-hybridized carbons (Fsp3) is 0.333. The number of nitro benzene ring substituents is 1. The van der Waals surface area contributed by atoms with Crippen LogP contribution in [0, 0.1) is 10.1 Å². The SMILES string of the molecule is COC(=O)[C@H](CCSC)Nc1nc(-c2ccc([N+](=O)[O-])cc2)cs1. The average Bonchev–Trinajstić information content (AvgIpc) is 3.06. The number of nitrogens with one attached hydrogen (secondary N) is 1. The third-order valence-corrected chi connectivity index (χ3v) is 4.69.